The molecule has 2 aromatic carbocycles. The number of carbonyl (C=O) groups excluding carboxylic acids is 1. The molecule has 0 radical (unpaired) electrons. The van der Waals surface area contributed by atoms with Gasteiger partial charge in [-0.2, -0.15) is 0 Å². The minimum Gasteiger partial charge on any atom is -0.397 e. The maximum absolute atomic E-state index is 12.2. The van der Waals surface area contributed by atoms with E-state index < -0.39 is 0 Å². The highest BCUT2D eigenvalue weighted by atomic mass is 79.9. The molecule has 0 fully saturated rings. The van der Waals surface area contributed by atoms with Gasteiger partial charge < -0.3 is 11.1 Å². The molecule has 4 heteroatoms. The summed E-state index contributed by atoms with van der Waals surface area (Å²) in [5.74, 6) is -0.175. The molecule has 0 unspecified atom stereocenters. The summed E-state index contributed by atoms with van der Waals surface area (Å²) in [6, 6.07) is 11.2. The predicted molar refractivity (Wildman–Crippen MR) is 82.4 cm³/mol. The molecule has 0 saturated heterocycles. The summed E-state index contributed by atoms with van der Waals surface area (Å²) in [6.45, 7) is 3.91. The number of halogens is 1. The van der Waals surface area contributed by atoms with Crippen LogP contribution in [0.2, 0.25) is 0 Å². The van der Waals surface area contributed by atoms with Gasteiger partial charge in [0.1, 0.15) is 0 Å². The van der Waals surface area contributed by atoms with Gasteiger partial charge in [-0.25, -0.2) is 0 Å². The highest BCUT2D eigenvalue weighted by Gasteiger charge is 2.11. The van der Waals surface area contributed by atoms with E-state index >= 15 is 0 Å². The van der Waals surface area contributed by atoms with Crippen molar-refractivity contribution in [2.24, 2.45) is 0 Å². The van der Waals surface area contributed by atoms with Crippen molar-refractivity contribution in [1.29, 1.82) is 0 Å². The van der Waals surface area contributed by atoms with Gasteiger partial charge >= 0.3 is 0 Å². The lowest BCUT2D eigenvalue weighted by Crippen LogP contribution is -2.14. The van der Waals surface area contributed by atoms with E-state index in [0.29, 0.717) is 16.9 Å². The van der Waals surface area contributed by atoms with Crippen LogP contribution in [0.3, 0.4) is 0 Å². The first-order valence-electron chi connectivity index (χ1n) is 5.91. The van der Waals surface area contributed by atoms with Crippen LogP contribution in [0.4, 0.5) is 11.4 Å². The van der Waals surface area contributed by atoms with E-state index in [1.54, 1.807) is 0 Å². The van der Waals surface area contributed by atoms with Gasteiger partial charge in [0.25, 0.3) is 5.91 Å². The number of hydrogen-bond acceptors (Lipinski definition) is 2. The molecule has 0 saturated carbocycles. The Hall–Kier alpha value is -1.81. The third kappa shape index (κ3) is 3.15. The van der Waals surface area contributed by atoms with Crippen LogP contribution in [0.25, 0.3) is 0 Å². The van der Waals surface area contributed by atoms with Gasteiger partial charge in [-0.15, -0.1) is 0 Å². The monoisotopic (exact) mass is 318 g/mol. The normalized spacial score (nSPS) is 10.3. The number of carbonyl (C=O) groups is 1. The fourth-order valence-electron chi connectivity index (χ4n) is 1.80. The minimum atomic E-state index is -0.175. The SMILES string of the molecule is Cc1ccc(NC(=O)c2cc(C)ccc2Br)c(N)c1. The van der Waals surface area contributed by atoms with Crippen molar-refractivity contribution in [1.82, 2.24) is 0 Å². The maximum Gasteiger partial charge on any atom is 0.256 e. The summed E-state index contributed by atoms with van der Waals surface area (Å²) < 4.78 is 0.765. The van der Waals surface area contributed by atoms with Gasteiger partial charge in [0.2, 0.25) is 0 Å². The van der Waals surface area contributed by atoms with Crippen LogP contribution in [0.15, 0.2) is 40.9 Å². The summed E-state index contributed by atoms with van der Waals surface area (Å²) in [5, 5.41) is 2.83. The first kappa shape index (κ1) is 13.6. The lowest BCUT2D eigenvalue weighted by molar-refractivity contribution is 0.102. The molecule has 0 heterocycles. The molecule has 19 heavy (non-hydrogen) atoms. The molecule has 0 spiro atoms. The zero-order valence-corrected chi connectivity index (χ0v) is 12.4. The molecule has 0 aromatic heterocycles. The average molecular weight is 319 g/mol. The molecule has 0 aliphatic rings. The molecule has 1 amide bonds. The number of benzene rings is 2. The second-order valence-electron chi connectivity index (χ2n) is 4.53. The highest BCUT2D eigenvalue weighted by molar-refractivity contribution is 9.10. The van der Waals surface area contributed by atoms with E-state index in [1.807, 2.05) is 50.2 Å². The lowest BCUT2D eigenvalue weighted by Gasteiger charge is -2.10. The molecule has 0 aliphatic carbocycles. The van der Waals surface area contributed by atoms with Crippen molar-refractivity contribution >= 4 is 33.2 Å². The van der Waals surface area contributed by atoms with Crippen molar-refractivity contribution in [2.75, 3.05) is 11.1 Å². The van der Waals surface area contributed by atoms with E-state index in [0.717, 1.165) is 15.6 Å². The predicted octanol–water partition coefficient (Wildman–Crippen LogP) is 3.90. The third-order valence-corrected chi connectivity index (χ3v) is 3.51. The molecule has 0 bridgehead atoms. The largest absolute Gasteiger partial charge is 0.397 e. The van der Waals surface area contributed by atoms with E-state index in [9.17, 15) is 4.79 Å². The topological polar surface area (TPSA) is 55.1 Å². The van der Waals surface area contributed by atoms with E-state index in [4.69, 9.17) is 5.73 Å². The summed E-state index contributed by atoms with van der Waals surface area (Å²) in [7, 11) is 0. The summed E-state index contributed by atoms with van der Waals surface area (Å²) in [6.07, 6.45) is 0. The number of nitrogen functional groups attached to an aromatic ring is 1. The van der Waals surface area contributed by atoms with Crippen LogP contribution in [-0.2, 0) is 0 Å². The maximum atomic E-state index is 12.2. The van der Waals surface area contributed by atoms with Crippen molar-refractivity contribution in [3.8, 4) is 0 Å². The molecule has 2 rings (SSSR count). The first-order chi connectivity index (χ1) is 8.97. The Bertz CT molecular complexity index is 638. The standard InChI is InChI=1S/C15H15BrN2O/c1-9-3-5-12(16)11(7-9)15(19)18-14-6-4-10(2)8-13(14)17/h3-8H,17H2,1-2H3,(H,18,19). The molecule has 2 aromatic rings. The molecule has 3 N–H and O–H groups in total. The van der Waals surface area contributed by atoms with Crippen LogP contribution in [0, 0.1) is 13.8 Å². The second kappa shape index (κ2) is 5.45. The zero-order chi connectivity index (χ0) is 14.0. The van der Waals surface area contributed by atoms with Crippen LogP contribution in [0.1, 0.15) is 21.5 Å². The minimum absolute atomic E-state index is 0.175. The molecule has 0 aliphatic heterocycles. The van der Waals surface area contributed by atoms with Crippen LogP contribution < -0.4 is 11.1 Å². The Morgan fingerprint density at radius 3 is 2.42 bits per heavy atom. The highest BCUT2D eigenvalue weighted by Crippen LogP contribution is 2.23. The molecule has 3 nitrogen and oxygen atoms in total. The Kier molecular flexibility index (Phi) is 3.90. The Morgan fingerprint density at radius 2 is 1.74 bits per heavy atom. The number of amides is 1. The Morgan fingerprint density at radius 1 is 1.11 bits per heavy atom. The van der Waals surface area contributed by atoms with E-state index in [1.165, 1.54) is 0 Å². The Labute approximate surface area is 121 Å². The molecular formula is C15H15BrN2O. The third-order valence-electron chi connectivity index (χ3n) is 2.82. The number of nitrogens with one attached hydrogen (secondary N) is 1. The van der Waals surface area contributed by atoms with Gasteiger partial charge in [0.15, 0.2) is 0 Å². The number of aryl methyl sites for hydroxylation is 2. The van der Waals surface area contributed by atoms with E-state index in [-0.39, 0.29) is 5.91 Å². The van der Waals surface area contributed by atoms with Crippen molar-refractivity contribution in [2.45, 2.75) is 13.8 Å². The summed E-state index contributed by atoms with van der Waals surface area (Å²) in [5.41, 5.74) is 9.78. The number of rotatable bonds is 2. The number of nitrogens with two attached hydrogens (primary N) is 1. The molecule has 0 atom stereocenters. The number of anilines is 2. The Balaban J connectivity index is 2.28. The van der Waals surface area contributed by atoms with Crippen molar-refractivity contribution < 1.29 is 4.79 Å². The molecular weight excluding hydrogens is 304 g/mol. The zero-order valence-electron chi connectivity index (χ0n) is 10.8. The summed E-state index contributed by atoms with van der Waals surface area (Å²) >= 11 is 3.38. The number of hydrogen-bond donors (Lipinski definition) is 2. The fraction of sp³-hybridized carbons (Fsp3) is 0.133. The summed E-state index contributed by atoms with van der Waals surface area (Å²) in [4.78, 5) is 12.2. The van der Waals surface area contributed by atoms with Crippen LogP contribution in [-0.4, -0.2) is 5.91 Å². The average Bonchev–Trinajstić information content (AvgIpc) is 2.35. The van der Waals surface area contributed by atoms with E-state index in [2.05, 4.69) is 21.2 Å². The van der Waals surface area contributed by atoms with Crippen molar-refractivity contribution in [3.05, 3.63) is 57.6 Å². The van der Waals surface area contributed by atoms with Gasteiger partial charge in [-0.05, 0) is 59.6 Å². The van der Waals surface area contributed by atoms with Crippen molar-refractivity contribution in [3.63, 3.8) is 0 Å². The molecule has 98 valence electrons. The van der Waals surface area contributed by atoms with Crippen LogP contribution >= 0.6 is 15.9 Å². The smallest absolute Gasteiger partial charge is 0.256 e. The van der Waals surface area contributed by atoms with Crippen LogP contribution in [0.5, 0.6) is 0 Å². The lowest BCUT2D eigenvalue weighted by atomic mass is 10.1. The van der Waals surface area contributed by atoms with Gasteiger partial charge in [-0.1, -0.05) is 17.7 Å². The first-order valence-corrected chi connectivity index (χ1v) is 6.70. The quantitative estimate of drug-likeness (QED) is 0.825. The van der Waals surface area contributed by atoms with Gasteiger partial charge in [-0.3, -0.25) is 4.79 Å². The van der Waals surface area contributed by atoms with Gasteiger partial charge in [0, 0.05) is 4.47 Å². The second-order valence-corrected chi connectivity index (χ2v) is 5.38. The fourth-order valence-corrected chi connectivity index (χ4v) is 2.23. The van der Waals surface area contributed by atoms with Gasteiger partial charge in [0.05, 0.1) is 16.9 Å².